The number of methoxy groups -OCH3 is 1. The number of hydrogen-bond donors (Lipinski definition) is 2. The average molecular weight is 359 g/mol. The van der Waals surface area contributed by atoms with Gasteiger partial charge in [-0.3, -0.25) is 9.69 Å². The topological polar surface area (TPSA) is 70.9 Å². The fraction of sp³-hybridized carbons (Fsp3) is 0.579. The van der Waals surface area contributed by atoms with Gasteiger partial charge < -0.3 is 19.8 Å². The van der Waals surface area contributed by atoms with E-state index in [2.05, 4.69) is 37.9 Å². The third kappa shape index (κ3) is 3.90. The lowest BCUT2D eigenvalue weighted by Gasteiger charge is -2.35. The lowest BCUT2D eigenvalue weighted by Crippen LogP contribution is -2.59. The summed E-state index contributed by atoms with van der Waals surface area (Å²) in [6, 6.07) is 3.84. The Labute approximate surface area is 154 Å². The summed E-state index contributed by atoms with van der Waals surface area (Å²) in [6.45, 7) is 9.99. The van der Waals surface area contributed by atoms with Crippen molar-refractivity contribution in [2.45, 2.75) is 32.4 Å². The third-order valence-corrected chi connectivity index (χ3v) is 4.96. The van der Waals surface area contributed by atoms with E-state index in [1.807, 2.05) is 32.3 Å². The van der Waals surface area contributed by atoms with E-state index in [-0.39, 0.29) is 11.9 Å². The Morgan fingerprint density at radius 1 is 1.50 bits per heavy atom. The highest BCUT2D eigenvalue weighted by molar-refractivity contribution is 5.83. The molecule has 1 atom stereocenters. The molecule has 1 saturated heterocycles. The second-order valence-electron chi connectivity index (χ2n) is 7.44. The number of piperazine rings is 1. The molecule has 3 rings (SSSR count). The number of rotatable bonds is 6. The Morgan fingerprint density at radius 2 is 2.31 bits per heavy atom. The quantitative estimate of drug-likeness (QED) is 0.802. The number of amides is 1. The second-order valence-corrected chi connectivity index (χ2v) is 7.44. The van der Waals surface area contributed by atoms with Crippen LogP contribution >= 0.6 is 0 Å². The van der Waals surface area contributed by atoms with E-state index in [0.717, 1.165) is 36.5 Å². The minimum Gasteiger partial charge on any atom is -0.383 e. The van der Waals surface area contributed by atoms with Crippen molar-refractivity contribution >= 4 is 11.4 Å². The highest BCUT2D eigenvalue weighted by Crippen LogP contribution is 2.22. The van der Waals surface area contributed by atoms with Gasteiger partial charge in [-0.1, -0.05) is 6.07 Å². The van der Waals surface area contributed by atoms with Crippen LogP contribution in [-0.2, 0) is 15.1 Å². The number of pyridine rings is 1. The van der Waals surface area contributed by atoms with Crippen LogP contribution in [0.15, 0.2) is 24.5 Å². The number of aryl methyl sites for hydroxylation is 1. The molecule has 0 saturated carbocycles. The van der Waals surface area contributed by atoms with Crippen molar-refractivity contribution in [2.24, 2.45) is 0 Å². The molecule has 1 fully saturated rings. The van der Waals surface area contributed by atoms with Gasteiger partial charge in [-0.2, -0.15) is 0 Å². The molecular formula is C19H29N5O2. The zero-order chi connectivity index (χ0) is 18.7. The van der Waals surface area contributed by atoms with Crippen molar-refractivity contribution in [3.05, 3.63) is 35.9 Å². The maximum Gasteiger partial charge on any atom is 0.239 e. The van der Waals surface area contributed by atoms with Gasteiger partial charge in [0, 0.05) is 39.5 Å². The molecule has 7 heteroatoms. The number of hydrogen-bond acceptors (Lipinski definition) is 5. The third-order valence-electron chi connectivity index (χ3n) is 4.96. The molecule has 2 N–H and O–H groups in total. The summed E-state index contributed by atoms with van der Waals surface area (Å²) >= 11 is 0. The van der Waals surface area contributed by atoms with Gasteiger partial charge in [0.15, 0.2) is 0 Å². The van der Waals surface area contributed by atoms with E-state index < -0.39 is 5.54 Å². The molecule has 0 bridgehead atoms. The van der Waals surface area contributed by atoms with Crippen LogP contribution in [0.2, 0.25) is 0 Å². The van der Waals surface area contributed by atoms with Gasteiger partial charge in [-0.15, -0.1) is 0 Å². The number of aromatic nitrogens is 2. The van der Waals surface area contributed by atoms with Crippen LogP contribution in [0.4, 0.5) is 0 Å². The first kappa shape index (κ1) is 18.8. The predicted molar refractivity (Wildman–Crippen MR) is 101 cm³/mol. The van der Waals surface area contributed by atoms with E-state index in [1.165, 1.54) is 0 Å². The minimum atomic E-state index is -0.576. The van der Waals surface area contributed by atoms with Crippen LogP contribution in [0.25, 0.3) is 5.52 Å². The van der Waals surface area contributed by atoms with Crippen molar-refractivity contribution in [1.82, 2.24) is 24.9 Å². The Morgan fingerprint density at radius 3 is 3.08 bits per heavy atom. The average Bonchev–Trinajstić information content (AvgIpc) is 3.06. The number of carbonyl (C=O) groups excluding carboxylic acids is 1. The number of nitrogens with zero attached hydrogens (tertiary/aromatic N) is 3. The zero-order valence-electron chi connectivity index (χ0n) is 16.1. The first-order chi connectivity index (χ1) is 12.4. The largest absolute Gasteiger partial charge is 0.383 e. The van der Waals surface area contributed by atoms with Crippen LogP contribution in [0.1, 0.15) is 25.2 Å². The van der Waals surface area contributed by atoms with Crippen LogP contribution in [0.5, 0.6) is 0 Å². The fourth-order valence-corrected chi connectivity index (χ4v) is 3.49. The molecule has 142 valence electrons. The smallest absolute Gasteiger partial charge is 0.239 e. The summed E-state index contributed by atoms with van der Waals surface area (Å²) in [5.41, 5.74) is 1.65. The van der Waals surface area contributed by atoms with E-state index >= 15 is 0 Å². The lowest BCUT2D eigenvalue weighted by molar-refractivity contribution is -0.126. The minimum absolute atomic E-state index is 0.00141. The zero-order valence-corrected chi connectivity index (χ0v) is 16.1. The Kier molecular flexibility index (Phi) is 5.60. The summed E-state index contributed by atoms with van der Waals surface area (Å²) in [6.07, 6.45) is 3.85. The molecule has 2 aromatic rings. The summed E-state index contributed by atoms with van der Waals surface area (Å²) in [4.78, 5) is 19.7. The number of fused-ring (bicyclic) bond motifs is 1. The molecule has 0 aromatic carbocycles. The van der Waals surface area contributed by atoms with Crippen molar-refractivity contribution in [3.63, 3.8) is 0 Å². The number of imidazole rings is 1. The molecule has 0 radical (unpaired) electrons. The summed E-state index contributed by atoms with van der Waals surface area (Å²) in [7, 11) is 1.70. The number of nitrogens with one attached hydrogen (secondary N) is 2. The van der Waals surface area contributed by atoms with Gasteiger partial charge in [0.2, 0.25) is 5.91 Å². The van der Waals surface area contributed by atoms with E-state index in [9.17, 15) is 4.79 Å². The van der Waals surface area contributed by atoms with E-state index in [4.69, 9.17) is 4.74 Å². The first-order valence-electron chi connectivity index (χ1n) is 9.12. The molecule has 1 amide bonds. The van der Waals surface area contributed by atoms with Crippen molar-refractivity contribution in [3.8, 4) is 0 Å². The van der Waals surface area contributed by atoms with Crippen LogP contribution in [0.3, 0.4) is 0 Å². The summed E-state index contributed by atoms with van der Waals surface area (Å²) in [5, 5.41) is 6.49. The molecule has 0 unspecified atom stereocenters. The number of ether oxygens (including phenoxy) is 1. The summed E-state index contributed by atoms with van der Waals surface area (Å²) in [5.74, 6) is 0.832. The van der Waals surface area contributed by atoms with Gasteiger partial charge >= 0.3 is 0 Å². The highest BCUT2D eigenvalue weighted by Gasteiger charge is 2.32. The van der Waals surface area contributed by atoms with Crippen LogP contribution in [-0.4, -0.2) is 66.1 Å². The molecule has 7 nitrogen and oxygen atoms in total. The van der Waals surface area contributed by atoms with Crippen LogP contribution < -0.4 is 10.6 Å². The van der Waals surface area contributed by atoms with Crippen molar-refractivity contribution < 1.29 is 9.53 Å². The van der Waals surface area contributed by atoms with Gasteiger partial charge in [0.1, 0.15) is 5.82 Å². The maximum atomic E-state index is 12.9. The predicted octanol–water partition coefficient (Wildman–Crippen LogP) is 0.914. The standard InChI is InChI=1S/C19H29N5O2/c1-14-6-5-8-24-16(14)12-21-18(24)19(2,3)22-17(25)15-13-23(9-7-20-15)10-11-26-4/h5-6,8,12,15,20H,7,9-11,13H2,1-4H3,(H,22,25)/t15-/m0/s1. The van der Waals surface area contributed by atoms with Crippen molar-refractivity contribution in [2.75, 3.05) is 39.9 Å². The molecule has 0 aliphatic carbocycles. The van der Waals surface area contributed by atoms with Gasteiger partial charge in [0.25, 0.3) is 0 Å². The van der Waals surface area contributed by atoms with Gasteiger partial charge in [-0.05, 0) is 32.4 Å². The molecular weight excluding hydrogens is 330 g/mol. The Hall–Kier alpha value is -1.96. The highest BCUT2D eigenvalue weighted by atomic mass is 16.5. The molecule has 2 aromatic heterocycles. The van der Waals surface area contributed by atoms with Gasteiger partial charge in [-0.25, -0.2) is 4.98 Å². The second kappa shape index (κ2) is 7.73. The molecule has 1 aliphatic rings. The lowest BCUT2D eigenvalue weighted by atomic mass is 10.0. The van der Waals surface area contributed by atoms with Gasteiger partial charge in [0.05, 0.1) is 29.9 Å². The Balaban J connectivity index is 1.72. The SMILES string of the molecule is COCCN1CCN[C@H](C(=O)NC(C)(C)c2ncc3c(C)cccn23)C1. The maximum absolute atomic E-state index is 12.9. The van der Waals surface area contributed by atoms with Crippen molar-refractivity contribution in [1.29, 1.82) is 0 Å². The molecule has 1 aliphatic heterocycles. The monoisotopic (exact) mass is 359 g/mol. The Bertz CT molecular complexity index is 770. The molecule has 3 heterocycles. The first-order valence-corrected chi connectivity index (χ1v) is 9.12. The van der Waals surface area contributed by atoms with Crippen LogP contribution in [0, 0.1) is 6.92 Å². The number of carbonyl (C=O) groups is 1. The van der Waals surface area contributed by atoms with E-state index in [0.29, 0.717) is 13.2 Å². The van der Waals surface area contributed by atoms with E-state index in [1.54, 1.807) is 7.11 Å². The molecule has 26 heavy (non-hydrogen) atoms. The normalized spacial score (nSPS) is 19.0. The fourth-order valence-electron chi connectivity index (χ4n) is 3.49. The summed E-state index contributed by atoms with van der Waals surface area (Å²) < 4.78 is 7.20. The molecule has 0 spiro atoms.